The van der Waals surface area contributed by atoms with Gasteiger partial charge in [0.1, 0.15) is 6.04 Å². The molecule has 3 unspecified atom stereocenters. The summed E-state index contributed by atoms with van der Waals surface area (Å²) < 4.78 is 5.04. The SMILES string of the molecule is CCOCC(O)CN1CC(O)CC1C(=O)O. The van der Waals surface area contributed by atoms with Crippen LogP contribution >= 0.6 is 0 Å². The maximum atomic E-state index is 10.9. The van der Waals surface area contributed by atoms with Crippen molar-refractivity contribution in [3.05, 3.63) is 0 Å². The van der Waals surface area contributed by atoms with Crippen LogP contribution in [0.5, 0.6) is 0 Å². The zero-order valence-electron chi connectivity index (χ0n) is 9.37. The molecule has 3 atom stereocenters. The largest absolute Gasteiger partial charge is 0.480 e. The van der Waals surface area contributed by atoms with Crippen LogP contribution in [0.1, 0.15) is 13.3 Å². The van der Waals surface area contributed by atoms with E-state index in [9.17, 15) is 15.0 Å². The summed E-state index contributed by atoms with van der Waals surface area (Å²) in [5, 5.41) is 27.9. The molecule has 1 aliphatic rings. The van der Waals surface area contributed by atoms with Crippen LogP contribution in [-0.2, 0) is 9.53 Å². The van der Waals surface area contributed by atoms with Crippen LogP contribution in [0.25, 0.3) is 0 Å². The third-order valence-corrected chi connectivity index (χ3v) is 2.63. The second-order valence-electron chi connectivity index (χ2n) is 4.01. The Morgan fingerprint density at radius 2 is 2.31 bits per heavy atom. The molecule has 0 amide bonds. The minimum absolute atomic E-state index is 0.190. The molecule has 1 fully saturated rings. The van der Waals surface area contributed by atoms with Crippen molar-refractivity contribution in [3.63, 3.8) is 0 Å². The van der Waals surface area contributed by atoms with Crippen molar-refractivity contribution in [2.24, 2.45) is 0 Å². The number of β-amino-alcohol motifs (C(OH)–C–C–N with tert-alkyl or cyclic N) is 2. The first-order valence-electron chi connectivity index (χ1n) is 5.45. The van der Waals surface area contributed by atoms with E-state index in [1.54, 1.807) is 4.90 Å². The lowest BCUT2D eigenvalue weighted by molar-refractivity contribution is -0.142. The van der Waals surface area contributed by atoms with Gasteiger partial charge in [-0.3, -0.25) is 9.69 Å². The van der Waals surface area contributed by atoms with E-state index in [1.165, 1.54) is 0 Å². The summed E-state index contributed by atoms with van der Waals surface area (Å²) in [5.74, 6) is -0.958. The highest BCUT2D eigenvalue weighted by molar-refractivity contribution is 5.74. The molecule has 0 saturated carbocycles. The van der Waals surface area contributed by atoms with E-state index in [1.807, 2.05) is 6.92 Å². The first-order valence-corrected chi connectivity index (χ1v) is 5.45. The number of nitrogens with zero attached hydrogens (tertiary/aromatic N) is 1. The molecule has 0 aromatic carbocycles. The molecule has 6 heteroatoms. The van der Waals surface area contributed by atoms with E-state index in [0.717, 1.165) is 0 Å². The van der Waals surface area contributed by atoms with Gasteiger partial charge in [-0.05, 0) is 6.92 Å². The molecular weight excluding hydrogens is 214 g/mol. The lowest BCUT2D eigenvalue weighted by atomic mass is 10.2. The van der Waals surface area contributed by atoms with E-state index >= 15 is 0 Å². The fourth-order valence-corrected chi connectivity index (χ4v) is 1.92. The Bertz CT molecular complexity index is 235. The molecule has 1 rings (SSSR count). The Morgan fingerprint density at radius 3 is 2.88 bits per heavy atom. The second-order valence-corrected chi connectivity index (χ2v) is 4.01. The summed E-state index contributed by atoms with van der Waals surface area (Å²) in [4.78, 5) is 12.5. The van der Waals surface area contributed by atoms with Crippen LogP contribution in [0.15, 0.2) is 0 Å². The number of rotatable bonds is 6. The molecule has 1 saturated heterocycles. The van der Waals surface area contributed by atoms with Gasteiger partial charge >= 0.3 is 5.97 Å². The molecular formula is C10H19NO5. The average molecular weight is 233 g/mol. The molecule has 0 radical (unpaired) electrons. The number of aliphatic carboxylic acids is 1. The standard InChI is InChI=1S/C10H19NO5/c1-2-16-6-8(13)5-11-4-7(12)3-9(11)10(14)15/h7-9,12-13H,2-6H2,1H3,(H,14,15). The Hall–Kier alpha value is -0.690. The Kier molecular flexibility index (Phi) is 5.14. The van der Waals surface area contributed by atoms with E-state index in [2.05, 4.69) is 0 Å². The third kappa shape index (κ3) is 3.71. The number of aliphatic hydroxyl groups excluding tert-OH is 2. The van der Waals surface area contributed by atoms with Crippen molar-refractivity contribution >= 4 is 5.97 Å². The zero-order chi connectivity index (χ0) is 12.1. The summed E-state index contributed by atoms with van der Waals surface area (Å²) >= 11 is 0. The molecule has 0 aromatic rings. The quantitative estimate of drug-likeness (QED) is 0.540. The monoisotopic (exact) mass is 233 g/mol. The highest BCUT2D eigenvalue weighted by atomic mass is 16.5. The fraction of sp³-hybridized carbons (Fsp3) is 0.900. The van der Waals surface area contributed by atoms with Crippen molar-refractivity contribution in [3.8, 4) is 0 Å². The normalized spacial score (nSPS) is 28.2. The highest BCUT2D eigenvalue weighted by Gasteiger charge is 2.36. The maximum Gasteiger partial charge on any atom is 0.321 e. The van der Waals surface area contributed by atoms with Crippen LogP contribution in [0.4, 0.5) is 0 Å². The van der Waals surface area contributed by atoms with Gasteiger partial charge in [0.2, 0.25) is 0 Å². The Labute approximate surface area is 94.4 Å². The van der Waals surface area contributed by atoms with E-state index in [4.69, 9.17) is 9.84 Å². The van der Waals surface area contributed by atoms with Crippen LogP contribution in [0.2, 0.25) is 0 Å². The van der Waals surface area contributed by atoms with Crippen molar-refractivity contribution in [1.29, 1.82) is 0 Å². The minimum Gasteiger partial charge on any atom is -0.480 e. The lowest BCUT2D eigenvalue weighted by Crippen LogP contribution is -2.42. The second kappa shape index (κ2) is 6.15. The zero-order valence-corrected chi connectivity index (χ0v) is 9.37. The summed E-state index contributed by atoms with van der Waals surface area (Å²) in [5.41, 5.74) is 0. The number of carbonyl (C=O) groups is 1. The summed E-state index contributed by atoms with van der Waals surface area (Å²) in [6.45, 7) is 3.04. The van der Waals surface area contributed by atoms with Crippen LogP contribution in [0, 0.1) is 0 Å². The Balaban J connectivity index is 2.42. The van der Waals surface area contributed by atoms with E-state index in [0.29, 0.717) is 13.2 Å². The van der Waals surface area contributed by atoms with Gasteiger partial charge in [-0.15, -0.1) is 0 Å². The minimum atomic E-state index is -0.958. The molecule has 0 aromatic heterocycles. The summed E-state index contributed by atoms with van der Waals surface area (Å²) in [7, 11) is 0. The number of carboxylic acid groups (broad SMARTS) is 1. The first-order chi connectivity index (χ1) is 7.54. The summed E-state index contributed by atoms with van der Waals surface area (Å²) in [6.07, 6.45) is -1.12. The maximum absolute atomic E-state index is 10.9. The van der Waals surface area contributed by atoms with E-state index in [-0.39, 0.29) is 19.6 Å². The van der Waals surface area contributed by atoms with Crippen molar-refractivity contribution in [2.75, 3.05) is 26.3 Å². The van der Waals surface area contributed by atoms with Crippen molar-refractivity contribution < 1.29 is 24.9 Å². The van der Waals surface area contributed by atoms with Crippen molar-refractivity contribution in [2.45, 2.75) is 31.6 Å². The van der Waals surface area contributed by atoms with Gasteiger partial charge in [0, 0.05) is 26.1 Å². The highest BCUT2D eigenvalue weighted by Crippen LogP contribution is 2.18. The molecule has 0 aliphatic carbocycles. The number of carboxylic acids is 1. The molecule has 1 heterocycles. The average Bonchev–Trinajstić information content (AvgIpc) is 2.56. The number of hydrogen-bond donors (Lipinski definition) is 3. The Morgan fingerprint density at radius 1 is 1.62 bits per heavy atom. The van der Waals surface area contributed by atoms with Crippen LogP contribution in [0.3, 0.4) is 0 Å². The predicted molar refractivity (Wildman–Crippen MR) is 56.1 cm³/mol. The van der Waals surface area contributed by atoms with Gasteiger partial charge in [0.15, 0.2) is 0 Å². The molecule has 16 heavy (non-hydrogen) atoms. The number of aliphatic hydroxyl groups is 2. The van der Waals surface area contributed by atoms with Gasteiger partial charge in [-0.1, -0.05) is 0 Å². The number of ether oxygens (including phenoxy) is 1. The van der Waals surface area contributed by atoms with Gasteiger partial charge in [0.05, 0.1) is 18.8 Å². The van der Waals surface area contributed by atoms with Gasteiger partial charge in [-0.2, -0.15) is 0 Å². The van der Waals surface area contributed by atoms with Gasteiger partial charge < -0.3 is 20.1 Å². The van der Waals surface area contributed by atoms with Gasteiger partial charge in [0.25, 0.3) is 0 Å². The first kappa shape index (κ1) is 13.4. The fourth-order valence-electron chi connectivity index (χ4n) is 1.92. The predicted octanol–water partition coefficient (Wildman–Crippen LogP) is -1.10. The summed E-state index contributed by atoms with van der Waals surface area (Å²) in [6, 6.07) is -0.703. The lowest BCUT2D eigenvalue weighted by Gasteiger charge is -2.23. The molecule has 0 spiro atoms. The molecule has 0 bridgehead atoms. The third-order valence-electron chi connectivity index (χ3n) is 2.63. The van der Waals surface area contributed by atoms with Crippen molar-refractivity contribution in [1.82, 2.24) is 4.90 Å². The number of likely N-dealkylation sites (tertiary alicyclic amines) is 1. The topological polar surface area (TPSA) is 90.2 Å². The van der Waals surface area contributed by atoms with Crippen LogP contribution < -0.4 is 0 Å². The smallest absolute Gasteiger partial charge is 0.321 e. The van der Waals surface area contributed by atoms with Gasteiger partial charge in [-0.25, -0.2) is 0 Å². The molecule has 1 aliphatic heterocycles. The van der Waals surface area contributed by atoms with E-state index < -0.39 is 24.2 Å². The molecule has 6 nitrogen and oxygen atoms in total. The molecule has 94 valence electrons. The molecule has 3 N–H and O–H groups in total. The number of hydrogen-bond acceptors (Lipinski definition) is 5. The van der Waals surface area contributed by atoms with Crippen LogP contribution in [-0.4, -0.2) is 70.7 Å².